The zero-order valence-electron chi connectivity index (χ0n) is 12.2. The van der Waals surface area contributed by atoms with E-state index in [2.05, 4.69) is 29.1 Å². The number of rotatable bonds is 4. The fourth-order valence-electron chi connectivity index (χ4n) is 2.67. The van der Waals surface area contributed by atoms with Gasteiger partial charge in [0.2, 0.25) is 11.8 Å². The van der Waals surface area contributed by atoms with Gasteiger partial charge in [-0.25, -0.2) is 4.98 Å². The van der Waals surface area contributed by atoms with E-state index < -0.39 is 4.92 Å². The molecular formula is C13H21N5O2. The van der Waals surface area contributed by atoms with Gasteiger partial charge in [0.1, 0.15) is 6.20 Å². The SMILES string of the molecule is CCNc1ncc([N+](=O)[O-])c(N2CCC(C)CC2C)n1. The molecule has 2 atom stereocenters. The summed E-state index contributed by atoms with van der Waals surface area (Å²) in [5.74, 6) is 1.52. The van der Waals surface area contributed by atoms with Crippen molar-refractivity contribution in [2.24, 2.45) is 5.92 Å². The van der Waals surface area contributed by atoms with E-state index in [4.69, 9.17) is 0 Å². The smallest absolute Gasteiger partial charge is 0.329 e. The molecule has 0 amide bonds. The molecule has 0 spiro atoms. The van der Waals surface area contributed by atoms with Crippen molar-refractivity contribution >= 4 is 17.5 Å². The van der Waals surface area contributed by atoms with Gasteiger partial charge in [0, 0.05) is 19.1 Å². The molecule has 1 N–H and O–H groups in total. The number of aromatic nitrogens is 2. The third kappa shape index (κ3) is 2.97. The van der Waals surface area contributed by atoms with Gasteiger partial charge in [-0.05, 0) is 32.6 Å². The van der Waals surface area contributed by atoms with Gasteiger partial charge in [-0.15, -0.1) is 0 Å². The molecule has 7 heteroatoms. The number of hydrogen-bond donors (Lipinski definition) is 1. The summed E-state index contributed by atoms with van der Waals surface area (Å²) in [5, 5.41) is 14.2. The number of piperidine rings is 1. The van der Waals surface area contributed by atoms with Crippen LogP contribution in [0.5, 0.6) is 0 Å². The zero-order valence-corrected chi connectivity index (χ0v) is 12.2. The lowest BCUT2D eigenvalue weighted by Crippen LogP contribution is -2.41. The quantitative estimate of drug-likeness (QED) is 0.673. The number of nitro groups is 1. The van der Waals surface area contributed by atoms with Gasteiger partial charge < -0.3 is 10.2 Å². The fourth-order valence-corrected chi connectivity index (χ4v) is 2.67. The lowest BCUT2D eigenvalue weighted by molar-refractivity contribution is -0.384. The molecule has 2 heterocycles. The van der Waals surface area contributed by atoms with E-state index in [1.54, 1.807) is 0 Å². The van der Waals surface area contributed by atoms with Crippen molar-refractivity contribution in [3.8, 4) is 0 Å². The maximum Gasteiger partial charge on any atom is 0.329 e. The molecule has 0 bridgehead atoms. The van der Waals surface area contributed by atoms with Gasteiger partial charge in [0.25, 0.3) is 0 Å². The van der Waals surface area contributed by atoms with Crippen molar-refractivity contribution in [1.29, 1.82) is 0 Å². The van der Waals surface area contributed by atoms with Crippen LogP contribution < -0.4 is 10.2 Å². The van der Waals surface area contributed by atoms with Gasteiger partial charge in [-0.3, -0.25) is 10.1 Å². The summed E-state index contributed by atoms with van der Waals surface area (Å²) in [6.45, 7) is 7.73. The molecule has 2 rings (SSSR count). The molecule has 0 radical (unpaired) electrons. The van der Waals surface area contributed by atoms with Crippen molar-refractivity contribution in [3.63, 3.8) is 0 Å². The highest BCUT2D eigenvalue weighted by atomic mass is 16.6. The molecule has 7 nitrogen and oxygen atoms in total. The minimum atomic E-state index is -0.407. The molecule has 1 fully saturated rings. The molecule has 1 aromatic heterocycles. The fraction of sp³-hybridized carbons (Fsp3) is 0.692. The molecule has 20 heavy (non-hydrogen) atoms. The van der Waals surface area contributed by atoms with Crippen LogP contribution in [-0.2, 0) is 0 Å². The van der Waals surface area contributed by atoms with Gasteiger partial charge in [-0.2, -0.15) is 4.98 Å². The van der Waals surface area contributed by atoms with Gasteiger partial charge in [-0.1, -0.05) is 6.92 Å². The maximum atomic E-state index is 11.2. The molecule has 110 valence electrons. The zero-order chi connectivity index (χ0) is 14.7. The van der Waals surface area contributed by atoms with Crippen molar-refractivity contribution in [2.75, 3.05) is 23.3 Å². The Morgan fingerprint density at radius 3 is 2.90 bits per heavy atom. The first-order valence-corrected chi connectivity index (χ1v) is 7.04. The van der Waals surface area contributed by atoms with Crippen molar-refractivity contribution in [2.45, 2.75) is 39.7 Å². The Morgan fingerprint density at radius 1 is 1.55 bits per heavy atom. The Hall–Kier alpha value is -1.92. The van der Waals surface area contributed by atoms with E-state index in [0.717, 1.165) is 19.4 Å². The number of nitrogens with zero attached hydrogens (tertiary/aromatic N) is 4. The number of anilines is 2. The van der Waals surface area contributed by atoms with Crippen LogP contribution in [0.2, 0.25) is 0 Å². The summed E-state index contributed by atoms with van der Waals surface area (Å²) in [5.41, 5.74) is -0.0203. The average molecular weight is 279 g/mol. The van der Waals surface area contributed by atoms with Crippen molar-refractivity contribution < 1.29 is 4.92 Å². The standard InChI is InChI=1S/C13H21N5O2/c1-4-14-13-15-8-11(18(19)20)12(16-13)17-6-5-9(2)7-10(17)3/h8-10H,4-7H2,1-3H3,(H,14,15,16). The van der Waals surface area contributed by atoms with E-state index >= 15 is 0 Å². The summed E-state index contributed by atoms with van der Waals surface area (Å²) < 4.78 is 0. The van der Waals surface area contributed by atoms with E-state index in [0.29, 0.717) is 24.2 Å². The van der Waals surface area contributed by atoms with Crippen LogP contribution in [0, 0.1) is 16.0 Å². The van der Waals surface area contributed by atoms with Crippen LogP contribution in [0.3, 0.4) is 0 Å². The van der Waals surface area contributed by atoms with Crippen molar-refractivity contribution in [3.05, 3.63) is 16.3 Å². The van der Waals surface area contributed by atoms with E-state index in [-0.39, 0.29) is 11.7 Å². The van der Waals surface area contributed by atoms with Crippen LogP contribution in [0.4, 0.5) is 17.5 Å². The molecule has 1 aliphatic rings. The summed E-state index contributed by atoms with van der Waals surface area (Å²) in [4.78, 5) is 21.1. The molecule has 2 unspecified atom stereocenters. The Kier molecular flexibility index (Phi) is 4.36. The van der Waals surface area contributed by atoms with Gasteiger partial charge in [0.05, 0.1) is 4.92 Å². The van der Waals surface area contributed by atoms with Crippen LogP contribution >= 0.6 is 0 Å². The lowest BCUT2D eigenvalue weighted by atomic mass is 9.93. The first kappa shape index (κ1) is 14.5. The predicted molar refractivity (Wildman–Crippen MR) is 78.1 cm³/mol. The minimum absolute atomic E-state index is 0.0203. The van der Waals surface area contributed by atoms with Crippen molar-refractivity contribution in [1.82, 2.24) is 9.97 Å². The molecule has 0 aromatic carbocycles. The second-order valence-electron chi connectivity index (χ2n) is 5.36. The number of hydrogen-bond acceptors (Lipinski definition) is 6. The third-order valence-corrected chi connectivity index (χ3v) is 3.69. The second-order valence-corrected chi connectivity index (χ2v) is 5.36. The number of nitrogens with one attached hydrogen (secondary N) is 1. The molecule has 1 aromatic rings. The predicted octanol–water partition coefficient (Wildman–Crippen LogP) is 2.44. The molecular weight excluding hydrogens is 258 g/mol. The Bertz CT molecular complexity index is 494. The van der Waals surface area contributed by atoms with Gasteiger partial charge >= 0.3 is 5.69 Å². The van der Waals surface area contributed by atoms with Crippen LogP contribution in [-0.4, -0.2) is 34.0 Å². The first-order chi connectivity index (χ1) is 9.52. The van der Waals surface area contributed by atoms with Gasteiger partial charge in [0.15, 0.2) is 0 Å². The highest BCUT2D eigenvalue weighted by molar-refractivity contribution is 5.59. The summed E-state index contributed by atoms with van der Waals surface area (Å²) in [6.07, 6.45) is 3.35. The topological polar surface area (TPSA) is 84.2 Å². The average Bonchev–Trinajstić information content (AvgIpc) is 2.38. The highest BCUT2D eigenvalue weighted by Gasteiger charge is 2.30. The summed E-state index contributed by atoms with van der Waals surface area (Å²) in [7, 11) is 0. The first-order valence-electron chi connectivity index (χ1n) is 7.04. The van der Waals surface area contributed by atoms with E-state index in [9.17, 15) is 10.1 Å². The molecule has 1 saturated heterocycles. The lowest BCUT2D eigenvalue weighted by Gasteiger charge is -2.36. The largest absolute Gasteiger partial charge is 0.354 e. The molecule has 1 aliphatic heterocycles. The normalized spacial score (nSPS) is 22.6. The second kappa shape index (κ2) is 6.02. The monoisotopic (exact) mass is 279 g/mol. The maximum absolute atomic E-state index is 11.2. The molecule has 0 aliphatic carbocycles. The summed E-state index contributed by atoms with van der Waals surface area (Å²) >= 11 is 0. The van der Waals surface area contributed by atoms with E-state index in [1.165, 1.54) is 6.20 Å². The highest BCUT2D eigenvalue weighted by Crippen LogP contribution is 2.32. The summed E-state index contributed by atoms with van der Waals surface area (Å²) in [6, 6.07) is 0.252. The Balaban J connectivity index is 2.36. The Morgan fingerprint density at radius 2 is 2.30 bits per heavy atom. The molecule has 0 saturated carbocycles. The Labute approximate surface area is 118 Å². The minimum Gasteiger partial charge on any atom is -0.354 e. The third-order valence-electron chi connectivity index (χ3n) is 3.69. The van der Waals surface area contributed by atoms with Crippen LogP contribution in [0.15, 0.2) is 6.20 Å². The van der Waals surface area contributed by atoms with E-state index in [1.807, 2.05) is 11.8 Å². The van der Waals surface area contributed by atoms with Crippen LogP contribution in [0.25, 0.3) is 0 Å². The van der Waals surface area contributed by atoms with Crippen LogP contribution in [0.1, 0.15) is 33.6 Å².